The summed E-state index contributed by atoms with van der Waals surface area (Å²) in [5.41, 5.74) is 6.92. The zero-order valence-electron chi connectivity index (χ0n) is 14.0. The molecule has 1 saturated carbocycles. The van der Waals surface area contributed by atoms with E-state index in [2.05, 4.69) is 5.32 Å². The molecule has 0 spiro atoms. The summed E-state index contributed by atoms with van der Waals surface area (Å²) in [6, 6.07) is 5.18. The van der Waals surface area contributed by atoms with Gasteiger partial charge in [0.25, 0.3) is 5.91 Å². The number of rotatable bonds is 5. The topological polar surface area (TPSA) is 84.7 Å². The molecule has 1 aliphatic rings. The summed E-state index contributed by atoms with van der Waals surface area (Å²) >= 11 is 0. The van der Waals surface area contributed by atoms with Crippen molar-refractivity contribution in [1.29, 1.82) is 0 Å². The van der Waals surface area contributed by atoms with Crippen LogP contribution >= 0.6 is 0 Å². The molecule has 1 fully saturated rings. The summed E-state index contributed by atoms with van der Waals surface area (Å²) < 4.78 is 5.55. The van der Waals surface area contributed by atoms with Crippen molar-refractivity contribution in [2.45, 2.75) is 32.2 Å². The molecule has 0 saturated heterocycles. The van der Waals surface area contributed by atoms with E-state index in [1.54, 1.807) is 32.3 Å². The van der Waals surface area contributed by atoms with Crippen molar-refractivity contribution in [2.75, 3.05) is 26.0 Å². The van der Waals surface area contributed by atoms with Crippen LogP contribution < -0.4 is 15.8 Å². The monoisotopic (exact) mass is 319 g/mol. The molecule has 1 aromatic carbocycles. The Morgan fingerprint density at radius 3 is 2.65 bits per heavy atom. The minimum absolute atomic E-state index is 0.0617. The van der Waals surface area contributed by atoms with E-state index in [1.165, 1.54) is 4.90 Å². The summed E-state index contributed by atoms with van der Waals surface area (Å²) in [5, 5.41) is 2.90. The number of nitrogens with zero attached hydrogens (tertiary/aromatic N) is 1. The van der Waals surface area contributed by atoms with E-state index in [0.29, 0.717) is 30.0 Å². The van der Waals surface area contributed by atoms with Crippen LogP contribution in [0.3, 0.4) is 0 Å². The predicted molar refractivity (Wildman–Crippen MR) is 89.6 cm³/mol. The van der Waals surface area contributed by atoms with Crippen LogP contribution in [-0.4, -0.2) is 43.5 Å². The molecule has 2 atom stereocenters. The number of hydrogen-bond acceptors (Lipinski definition) is 4. The Hall–Kier alpha value is -2.08. The van der Waals surface area contributed by atoms with Crippen molar-refractivity contribution in [3.8, 4) is 5.75 Å². The first-order valence-corrected chi connectivity index (χ1v) is 7.97. The summed E-state index contributed by atoms with van der Waals surface area (Å²) in [6.45, 7) is 2.36. The van der Waals surface area contributed by atoms with Crippen LogP contribution in [0.4, 0.5) is 5.69 Å². The third-order valence-electron chi connectivity index (χ3n) is 4.03. The second-order valence-electron chi connectivity index (χ2n) is 6.10. The Bertz CT molecular complexity index is 586. The van der Waals surface area contributed by atoms with E-state index in [4.69, 9.17) is 10.5 Å². The fourth-order valence-corrected chi connectivity index (χ4v) is 2.79. The molecule has 0 heterocycles. The molecule has 2 unspecified atom stereocenters. The molecular weight excluding hydrogens is 294 g/mol. The maximum Gasteiger partial charge on any atom is 0.253 e. The fourth-order valence-electron chi connectivity index (χ4n) is 2.79. The normalized spacial score (nSPS) is 20.2. The highest BCUT2D eigenvalue weighted by Gasteiger charge is 2.28. The molecular formula is C17H25N3O3. The Kier molecular flexibility index (Phi) is 5.60. The third-order valence-corrected chi connectivity index (χ3v) is 4.03. The summed E-state index contributed by atoms with van der Waals surface area (Å²) in [7, 11) is 3.38. The van der Waals surface area contributed by atoms with Gasteiger partial charge in [0, 0.05) is 31.6 Å². The molecule has 2 amide bonds. The van der Waals surface area contributed by atoms with Crippen LogP contribution in [0.2, 0.25) is 0 Å². The highest BCUT2D eigenvalue weighted by molar-refractivity contribution is 5.98. The maximum atomic E-state index is 12.4. The molecule has 0 radical (unpaired) electrons. The highest BCUT2D eigenvalue weighted by atomic mass is 16.5. The van der Waals surface area contributed by atoms with Gasteiger partial charge in [-0.15, -0.1) is 0 Å². The number of anilines is 1. The molecule has 126 valence electrons. The molecule has 0 aliphatic heterocycles. The second-order valence-corrected chi connectivity index (χ2v) is 6.10. The summed E-state index contributed by atoms with van der Waals surface area (Å²) in [6.07, 6.45) is 2.37. The minimum atomic E-state index is -0.119. The van der Waals surface area contributed by atoms with Crippen LogP contribution in [0, 0.1) is 5.92 Å². The zero-order chi connectivity index (χ0) is 17.0. The number of hydrogen-bond donors (Lipinski definition) is 2. The Labute approximate surface area is 137 Å². The number of ether oxygens (including phenoxy) is 1. The molecule has 1 aromatic rings. The first-order chi connectivity index (χ1) is 10.9. The van der Waals surface area contributed by atoms with E-state index >= 15 is 0 Å². The summed E-state index contributed by atoms with van der Waals surface area (Å²) in [4.78, 5) is 26.0. The first kappa shape index (κ1) is 17.3. The van der Waals surface area contributed by atoms with E-state index in [0.717, 1.165) is 12.8 Å². The van der Waals surface area contributed by atoms with Gasteiger partial charge in [-0.25, -0.2) is 0 Å². The van der Waals surface area contributed by atoms with Gasteiger partial charge >= 0.3 is 0 Å². The molecule has 0 bridgehead atoms. The van der Waals surface area contributed by atoms with Crippen LogP contribution in [0.5, 0.6) is 5.75 Å². The largest absolute Gasteiger partial charge is 0.492 e. The van der Waals surface area contributed by atoms with E-state index in [1.807, 2.05) is 6.92 Å². The van der Waals surface area contributed by atoms with E-state index < -0.39 is 0 Å². The van der Waals surface area contributed by atoms with Gasteiger partial charge in [-0.3, -0.25) is 9.59 Å². The number of carbonyl (C=O) groups is 2. The van der Waals surface area contributed by atoms with Crippen molar-refractivity contribution in [3.05, 3.63) is 23.8 Å². The lowest BCUT2D eigenvalue weighted by Crippen LogP contribution is -2.24. The van der Waals surface area contributed by atoms with Crippen molar-refractivity contribution in [3.63, 3.8) is 0 Å². The lowest BCUT2D eigenvalue weighted by Gasteiger charge is -2.17. The molecule has 3 N–H and O–H groups in total. The number of nitrogens with one attached hydrogen (secondary N) is 1. The van der Waals surface area contributed by atoms with Crippen molar-refractivity contribution >= 4 is 17.5 Å². The Balaban J connectivity index is 2.21. The number of nitrogens with two attached hydrogens (primary N) is 1. The molecule has 2 rings (SSSR count). The zero-order valence-corrected chi connectivity index (χ0v) is 14.0. The number of amides is 2. The standard InChI is InChI=1S/C17H25N3O3/c1-4-23-15-8-6-12(17(22)20(2)3)10-14(15)19-16(21)11-5-7-13(18)9-11/h6,8,10-11,13H,4-5,7,9,18H2,1-3H3,(H,19,21). The van der Waals surface area contributed by atoms with Gasteiger partial charge in [0.15, 0.2) is 0 Å². The lowest BCUT2D eigenvalue weighted by molar-refractivity contribution is -0.119. The van der Waals surface area contributed by atoms with E-state index in [-0.39, 0.29) is 23.8 Å². The van der Waals surface area contributed by atoms with Gasteiger partial charge in [-0.1, -0.05) is 0 Å². The van der Waals surface area contributed by atoms with Crippen molar-refractivity contribution in [2.24, 2.45) is 11.7 Å². The molecule has 6 heteroatoms. The Morgan fingerprint density at radius 1 is 1.35 bits per heavy atom. The first-order valence-electron chi connectivity index (χ1n) is 7.97. The SMILES string of the molecule is CCOc1ccc(C(=O)N(C)C)cc1NC(=O)C1CCC(N)C1. The number of benzene rings is 1. The number of carbonyl (C=O) groups excluding carboxylic acids is 2. The average molecular weight is 319 g/mol. The molecule has 1 aliphatic carbocycles. The van der Waals surface area contributed by atoms with Gasteiger partial charge < -0.3 is 20.7 Å². The average Bonchev–Trinajstić information content (AvgIpc) is 2.95. The summed E-state index contributed by atoms with van der Waals surface area (Å²) in [5.74, 6) is 0.311. The van der Waals surface area contributed by atoms with Gasteiger partial charge in [0.1, 0.15) is 5.75 Å². The minimum Gasteiger partial charge on any atom is -0.492 e. The lowest BCUT2D eigenvalue weighted by atomic mass is 10.1. The maximum absolute atomic E-state index is 12.4. The van der Waals surface area contributed by atoms with Crippen molar-refractivity contribution < 1.29 is 14.3 Å². The van der Waals surface area contributed by atoms with Gasteiger partial charge in [-0.05, 0) is 44.4 Å². The van der Waals surface area contributed by atoms with Gasteiger partial charge in [0.2, 0.25) is 5.91 Å². The Morgan fingerprint density at radius 2 is 2.09 bits per heavy atom. The van der Waals surface area contributed by atoms with E-state index in [9.17, 15) is 9.59 Å². The highest BCUT2D eigenvalue weighted by Crippen LogP contribution is 2.30. The van der Waals surface area contributed by atoms with Gasteiger partial charge in [-0.2, -0.15) is 0 Å². The van der Waals surface area contributed by atoms with Crippen LogP contribution in [0.25, 0.3) is 0 Å². The smallest absolute Gasteiger partial charge is 0.253 e. The van der Waals surface area contributed by atoms with Crippen LogP contribution in [0.1, 0.15) is 36.5 Å². The molecule has 6 nitrogen and oxygen atoms in total. The van der Waals surface area contributed by atoms with Crippen molar-refractivity contribution in [1.82, 2.24) is 4.90 Å². The molecule has 0 aromatic heterocycles. The predicted octanol–water partition coefficient (Wildman–Crippen LogP) is 1.85. The molecule has 23 heavy (non-hydrogen) atoms. The second kappa shape index (κ2) is 7.46. The van der Waals surface area contributed by atoms with Crippen LogP contribution in [0.15, 0.2) is 18.2 Å². The third kappa shape index (κ3) is 4.22. The van der Waals surface area contributed by atoms with Gasteiger partial charge in [0.05, 0.1) is 12.3 Å². The quantitative estimate of drug-likeness (QED) is 0.867. The van der Waals surface area contributed by atoms with Crippen LogP contribution in [-0.2, 0) is 4.79 Å². The fraction of sp³-hybridized carbons (Fsp3) is 0.529.